The highest BCUT2D eigenvalue weighted by Crippen LogP contribution is 2.39. The molecular formula is C25H21N3O4S2. The molecule has 1 unspecified atom stereocenters. The van der Waals surface area contributed by atoms with Crippen LogP contribution in [0.2, 0.25) is 0 Å². The van der Waals surface area contributed by atoms with Crippen LogP contribution < -0.4 is 10.9 Å². The van der Waals surface area contributed by atoms with Crippen LogP contribution in [-0.4, -0.2) is 27.3 Å². The first-order valence-electron chi connectivity index (χ1n) is 10.6. The second-order valence-corrected chi connectivity index (χ2v) is 10.0. The Morgan fingerprint density at radius 3 is 2.47 bits per heavy atom. The lowest BCUT2D eigenvalue weighted by Gasteiger charge is -2.12. The predicted molar refractivity (Wildman–Crippen MR) is 136 cm³/mol. The molecule has 0 radical (unpaired) electrons. The molecule has 0 aliphatic rings. The molecule has 3 heterocycles. The molecule has 0 aliphatic carbocycles. The standard InChI is InChI=1S/C25H21N3O4S2/c1-14-21(24(30)28(27(14)3)16-9-5-4-6-10-16)26-23(29)15(2)32-25(31)20-13-19-22(34-20)17-11-7-8-12-18(17)33-19/h4-13,15H,1-3H3,(H,26,29). The summed E-state index contributed by atoms with van der Waals surface area (Å²) in [5, 5.41) is 3.75. The fourth-order valence-electron chi connectivity index (χ4n) is 3.81. The van der Waals surface area contributed by atoms with Crippen LogP contribution in [0.25, 0.3) is 25.2 Å². The number of rotatable bonds is 5. The molecule has 1 atom stereocenters. The van der Waals surface area contributed by atoms with Crippen molar-refractivity contribution in [1.82, 2.24) is 9.36 Å². The molecule has 34 heavy (non-hydrogen) atoms. The van der Waals surface area contributed by atoms with E-state index in [2.05, 4.69) is 11.4 Å². The summed E-state index contributed by atoms with van der Waals surface area (Å²) in [4.78, 5) is 39.0. The highest BCUT2D eigenvalue weighted by molar-refractivity contribution is 7.33. The summed E-state index contributed by atoms with van der Waals surface area (Å²) in [6, 6.07) is 19.0. The molecule has 9 heteroatoms. The summed E-state index contributed by atoms with van der Waals surface area (Å²) in [5.74, 6) is -1.13. The monoisotopic (exact) mass is 491 g/mol. The average Bonchev–Trinajstić information content (AvgIpc) is 3.46. The molecular weight excluding hydrogens is 470 g/mol. The van der Waals surface area contributed by atoms with Crippen molar-refractivity contribution in [2.24, 2.45) is 7.05 Å². The van der Waals surface area contributed by atoms with E-state index in [4.69, 9.17) is 4.74 Å². The Kier molecular flexibility index (Phi) is 5.59. The van der Waals surface area contributed by atoms with E-state index in [9.17, 15) is 14.4 Å². The van der Waals surface area contributed by atoms with Crippen LogP contribution in [0.15, 0.2) is 65.5 Å². The SMILES string of the molecule is Cc1c(NC(=O)C(C)OC(=O)c2cc3sc4ccccc4c3s2)c(=O)n(-c2ccccc2)n1C. The highest BCUT2D eigenvalue weighted by Gasteiger charge is 2.25. The molecule has 5 rings (SSSR count). The Hall–Kier alpha value is -3.69. The zero-order valence-corrected chi connectivity index (χ0v) is 20.3. The van der Waals surface area contributed by atoms with Crippen LogP contribution in [0.4, 0.5) is 5.69 Å². The first-order valence-corrected chi connectivity index (χ1v) is 12.3. The van der Waals surface area contributed by atoms with Gasteiger partial charge in [0.15, 0.2) is 6.10 Å². The number of carbonyl (C=O) groups excluding carboxylic acids is 2. The van der Waals surface area contributed by atoms with Crippen molar-refractivity contribution in [2.75, 3.05) is 5.32 Å². The predicted octanol–water partition coefficient (Wildman–Crippen LogP) is 5.10. The lowest BCUT2D eigenvalue weighted by Crippen LogP contribution is -2.32. The highest BCUT2D eigenvalue weighted by atomic mass is 32.1. The molecule has 172 valence electrons. The third-order valence-corrected chi connectivity index (χ3v) is 8.10. The molecule has 2 aromatic carbocycles. The second kappa shape index (κ2) is 8.58. The second-order valence-electron chi connectivity index (χ2n) is 7.88. The van der Waals surface area contributed by atoms with Crippen molar-refractivity contribution in [3.63, 3.8) is 0 Å². The summed E-state index contributed by atoms with van der Waals surface area (Å²) in [6.45, 7) is 3.24. The van der Waals surface area contributed by atoms with Gasteiger partial charge in [0.05, 0.1) is 16.1 Å². The molecule has 1 N–H and O–H groups in total. The third kappa shape index (κ3) is 3.72. The number of ether oxygens (including phenoxy) is 1. The topological polar surface area (TPSA) is 82.3 Å². The fourth-order valence-corrected chi connectivity index (χ4v) is 6.22. The number of hydrogen-bond donors (Lipinski definition) is 1. The van der Waals surface area contributed by atoms with Crippen LogP contribution in [-0.2, 0) is 16.6 Å². The number of esters is 1. The van der Waals surface area contributed by atoms with Crippen LogP contribution in [0.5, 0.6) is 0 Å². The number of carbonyl (C=O) groups is 2. The minimum atomic E-state index is -1.08. The van der Waals surface area contributed by atoms with Crippen molar-refractivity contribution in [1.29, 1.82) is 0 Å². The van der Waals surface area contributed by atoms with Crippen molar-refractivity contribution in [3.8, 4) is 5.69 Å². The number of nitrogens with zero attached hydrogens (tertiary/aromatic N) is 2. The third-order valence-electron chi connectivity index (χ3n) is 5.71. The number of fused-ring (bicyclic) bond motifs is 3. The van der Waals surface area contributed by atoms with Crippen molar-refractivity contribution in [2.45, 2.75) is 20.0 Å². The lowest BCUT2D eigenvalue weighted by atomic mass is 10.2. The largest absolute Gasteiger partial charge is 0.448 e. The van der Waals surface area contributed by atoms with Gasteiger partial charge in [0.2, 0.25) is 0 Å². The number of aromatic nitrogens is 2. The maximum Gasteiger partial charge on any atom is 0.349 e. The molecule has 0 bridgehead atoms. The molecule has 0 fully saturated rings. The van der Waals surface area contributed by atoms with Gasteiger partial charge >= 0.3 is 5.97 Å². The Morgan fingerprint density at radius 2 is 1.71 bits per heavy atom. The fraction of sp³-hybridized carbons (Fsp3) is 0.160. The average molecular weight is 492 g/mol. The number of thiophene rings is 2. The number of para-hydroxylation sites is 1. The van der Waals surface area contributed by atoms with E-state index in [1.807, 2.05) is 48.5 Å². The van der Waals surface area contributed by atoms with E-state index in [1.165, 1.54) is 22.9 Å². The molecule has 0 saturated heterocycles. The number of hydrogen-bond acceptors (Lipinski definition) is 6. The lowest BCUT2D eigenvalue weighted by molar-refractivity contribution is -0.123. The maximum atomic E-state index is 13.0. The van der Waals surface area contributed by atoms with Crippen molar-refractivity contribution >= 4 is 59.7 Å². The number of benzene rings is 2. The van der Waals surface area contributed by atoms with Crippen LogP contribution in [0.3, 0.4) is 0 Å². The minimum absolute atomic E-state index is 0.155. The Morgan fingerprint density at radius 1 is 1.00 bits per heavy atom. The first-order chi connectivity index (χ1) is 16.3. The van der Waals surface area contributed by atoms with E-state index in [0.29, 0.717) is 16.3 Å². The van der Waals surface area contributed by atoms with E-state index in [0.717, 1.165) is 19.5 Å². The Bertz CT molecular complexity index is 1610. The molecule has 0 saturated carbocycles. The van der Waals surface area contributed by atoms with Gasteiger partial charge in [0.25, 0.3) is 11.5 Å². The minimum Gasteiger partial charge on any atom is -0.448 e. The quantitative estimate of drug-likeness (QED) is 0.347. The van der Waals surface area contributed by atoms with Crippen LogP contribution in [0.1, 0.15) is 22.3 Å². The molecule has 7 nitrogen and oxygen atoms in total. The number of amides is 1. The molecule has 3 aromatic heterocycles. The van der Waals surface area contributed by atoms with Crippen LogP contribution >= 0.6 is 22.7 Å². The summed E-state index contributed by atoms with van der Waals surface area (Å²) < 4.78 is 11.8. The summed E-state index contributed by atoms with van der Waals surface area (Å²) >= 11 is 2.97. The van der Waals surface area contributed by atoms with E-state index in [-0.39, 0.29) is 11.2 Å². The Balaban J connectivity index is 1.34. The van der Waals surface area contributed by atoms with Crippen LogP contribution in [0, 0.1) is 6.92 Å². The van der Waals surface area contributed by atoms with Gasteiger partial charge < -0.3 is 10.1 Å². The maximum absolute atomic E-state index is 13.0. The van der Waals surface area contributed by atoms with Gasteiger partial charge in [-0.3, -0.25) is 14.3 Å². The number of anilines is 1. The van der Waals surface area contributed by atoms with Crippen molar-refractivity contribution in [3.05, 3.63) is 81.6 Å². The Labute approximate surface area is 202 Å². The zero-order chi connectivity index (χ0) is 24.0. The van der Waals surface area contributed by atoms with Gasteiger partial charge in [-0.05, 0) is 38.1 Å². The zero-order valence-electron chi connectivity index (χ0n) is 18.7. The van der Waals surface area contributed by atoms with E-state index < -0.39 is 18.0 Å². The van der Waals surface area contributed by atoms with Gasteiger partial charge in [-0.15, -0.1) is 22.7 Å². The smallest absolute Gasteiger partial charge is 0.349 e. The molecule has 1 amide bonds. The normalized spacial score (nSPS) is 12.2. The van der Waals surface area contributed by atoms with E-state index >= 15 is 0 Å². The van der Waals surface area contributed by atoms with Gasteiger partial charge in [-0.1, -0.05) is 36.4 Å². The van der Waals surface area contributed by atoms with Gasteiger partial charge in [0, 0.05) is 21.8 Å². The summed E-state index contributed by atoms with van der Waals surface area (Å²) in [7, 11) is 1.75. The summed E-state index contributed by atoms with van der Waals surface area (Å²) in [6.07, 6.45) is -1.08. The first kappa shape index (κ1) is 22.1. The van der Waals surface area contributed by atoms with Gasteiger partial charge in [-0.25, -0.2) is 9.48 Å². The number of nitrogens with one attached hydrogen (secondary N) is 1. The summed E-state index contributed by atoms with van der Waals surface area (Å²) in [5.41, 5.74) is 1.07. The van der Waals surface area contributed by atoms with Crippen molar-refractivity contribution < 1.29 is 14.3 Å². The molecule has 5 aromatic rings. The van der Waals surface area contributed by atoms with E-state index in [1.54, 1.807) is 36.1 Å². The molecule has 0 spiro atoms. The molecule has 0 aliphatic heterocycles. The van der Waals surface area contributed by atoms with Gasteiger partial charge in [-0.2, -0.15) is 0 Å². The van der Waals surface area contributed by atoms with Gasteiger partial charge in [0.1, 0.15) is 10.6 Å².